The summed E-state index contributed by atoms with van der Waals surface area (Å²) in [7, 11) is 0. The molecule has 2 heterocycles. The number of nitrogens with zero attached hydrogens (tertiary/aromatic N) is 1. The number of aryl methyl sites for hydroxylation is 2. The molecule has 0 radical (unpaired) electrons. The molecule has 2 saturated heterocycles. The van der Waals surface area contributed by atoms with E-state index < -0.39 is 4.92 Å². The lowest BCUT2D eigenvalue weighted by Gasteiger charge is -2.19. The summed E-state index contributed by atoms with van der Waals surface area (Å²) in [5.74, 6) is -0.139. The minimum absolute atomic E-state index is 0.0358. The predicted octanol–water partition coefficient (Wildman–Crippen LogP) is 2.72. The maximum Gasteiger partial charge on any atom is 0.270 e. The van der Waals surface area contributed by atoms with Crippen LogP contribution in [0.15, 0.2) is 12.1 Å². The summed E-state index contributed by atoms with van der Waals surface area (Å²) in [6, 6.07) is 2.97. The van der Waals surface area contributed by atoms with E-state index in [1.807, 2.05) is 0 Å². The largest absolute Gasteiger partial charge is 0.374 e. The molecular weight excluding hydrogens is 272 g/mol. The average Bonchev–Trinajstić information content (AvgIpc) is 3.04. The van der Waals surface area contributed by atoms with E-state index in [2.05, 4.69) is 5.32 Å². The van der Waals surface area contributed by atoms with Crippen molar-refractivity contribution in [3.8, 4) is 0 Å². The number of carbonyl (C=O) groups excluding carboxylic acids is 1. The number of non-ortho nitro benzene ring substituents is 1. The normalized spacial score (nSPS) is 26.9. The molecule has 2 aliphatic rings. The van der Waals surface area contributed by atoms with Crippen molar-refractivity contribution in [1.82, 2.24) is 0 Å². The first-order valence-electron chi connectivity index (χ1n) is 7.17. The number of fused-ring (bicyclic) bond motifs is 2. The van der Waals surface area contributed by atoms with Crippen LogP contribution in [-0.4, -0.2) is 23.0 Å². The molecule has 1 amide bonds. The van der Waals surface area contributed by atoms with Gasteiger partial charge in [-0.25, -0.2) is 0 Å². The number of amides is 1. The molecule has 2 aliphatic heterocycles. The number of rotatable bonds is 3. The van der Waals surface area contributed by atoms with Gasteiger partial charge >= 0.3 is 0 Å². The van der Waals surface area contributed by atoms with Crippen LogP contribution < -0.4 is 5.32 Å². The quantitative estimate of drug-likeness (QED) is 0.685. The van der Waals surface area contributed by atoms with Crippen LogP contribution in [0.1, 0.15) is 30.4 Å². The summed E-state index contributed by atoms with van der Waals surface area (Å²) in [6.45, 7) is 3.54. The monoisotopic (exact) mass is 290 g/mol. The zero-order chi connectivity index (χ0) is 15.1. The first-order chi connectivity index (χ1) is 9.95. The van der Waals surface area contributed by atoms with E-state index in [0.29, 0.717) is 16.8 Å². The number of nitrogens with one attached hydrogen (secondary N) is 1. The zero-order valence-electron chi connectivity index (χ0n) is 12.1. The Morgan fingerprint density at radius 2 is 2.00 bits per heavy atom. The Balaban J connectivity index is 1.78. The Morgan fingerprint density at radius 1 is 1.33 bits per heavy atom. The minimum Gasteiger partial charge on any atom is -0.374 e. The van der Waals surface area contributed by atoms with Crippen molar-refractivity contribution in [2.24, 2.45) is 5.92 Å². The smallest absolute Gasteiger partial charge is 0.270 e. The second-order valence-corrected chi connectivity index (χ2v) is 5.92. The molecule has 3 atom stereocenters. The summed E-state index contributed by atoms with van der Waals surface area (Å²) in [4.78, 5) is 22.8. The van der Waals surface area contributed by atoms with Crippen LogP contribution in [0.2, 0.25) is 0 Å². The summed E-state index contributed by atoms with van der Waals surface area (Å²) in [6.07, 6.45) is 3.03. The van der Waals surface area contributed by atoms with E-state index in [1.165, 1.54) is 12.1 Å². The van der Waals surface area contributed by atoms with Crippen LogP contribution in [-0.2, 0) is 9.53 Å². The Bertz CT molecular complexity index is 591. The molecule has 6 nitrogen and oxygen atoms in total. The number of carbonyl (C=O) groups is 1. The van der Waals surface area contributed by atoms with Gasteiger partial charge in [0.15, 0.2) is 0 Å². The highest BCUT2D eigenvalue weighted by atomic mass is 16.6. The molecule has 0 aliphatic carbocycles. The molecule has 2 fully saturated rings. The fraction of sp³-hybridized carbons (Fsp3) is 0.533. The summed E-state index contributed by atoms with van der Waals surface area (Å²) >= 11 is 0. The second kappa shape index (κ2) is 5.11. The molecule has 3 rings (SSSR count). The molecule has 1 aromatic rings. The molecule has 21 heavy (non-hydrogen) atoms. The second-order valence-electron chi connectivity index (χ2n) is 5.92. The van der Waals surface area contributed by atoms with Crippen molar-refractivity contribution >= 4 is 17.3 Å². The van der Waals surface area contributed by atoms with Crippen LogP contribution in [0, 0.1) is 29.9 Å². The van der Waals surface area contributed by atoms with Crippen molar-refractivity contribution < 1.29 is 14.5 Å². The molecule has 112 valence electrons. The molecule has 0 saturated carbocycles. The van der Waals surface area contributed by atoms with Crippen molar-refractivity contribution in [2.75, 3.05) is 5.32 Å². The van der Waals surface area contributed by atoms with E-state index in [1.54, 1.807) is 13.8 Å². The molecule has 6 heteroatoms. The van der Waals surface area contributed by atoms with Crippen molar-refractivity contribution in [3.63, 3.8) is 0 Å². The van der Waals surface area contributed by atoms with Gasteiger partial charge in [0.2, 0.25) is 5.91 Å². The van der Waals surface area contributed by atoms with Crippen LogP contribution in [0.5, 0.6) is 0 Å². The molecule has 0 unspecified atom stereocenters. The van der Waals surface area contributed by atoms with Gasteiger partial charge in [0.05, 0.1) is 23.0 Å². The minimum atomic E-state index is -0.421. The molecule has 1 N–H and O–H groups in total. The number of hydrogen-bond acceptors (Lipinski definition) is 4. The number of nitro groups is 1. The highest BCUT2D eigenvalue weighted by Gasteiger charge is 2.44. The summed E-state index contributed by atoms with van der Waals surface area (Å²) in [5.41, 5.74) is 2.14. The predicted molar refractivity (Wildman–Crippen MR) is 77.2 cm³/mol. The van der Waals surface area contributed by atoms with E-state index in [0.717, 1.165) is 19.3 Å². The van der Waals surface area contributed by atoms with Gasteiger partial charge in [0.25, 0.3) is 5.69 Å². The third-order valence-corrected chi connectivity index (χ3v) is 4.42. The van der Waals surface area contributed by atoms with Crippen LogP contribution >= 0.6 is 0 Å². The van der Waals surface area contributed by atoms with Crippen LogP contribution in [0.4, 0.5) is 11.4 Å². The Labute approximate surface area is 122 Å². The first-order valence-corrected chi connectivity index (χ1v) is 7.17. The van der Waals surface area contributed by atoms with Gasteiger partial charge in [-0.3, -0.25) is 14.9 Å². The van der Waals surface area contributed by atoms with Crippen LogP contribution in [0.3, 0.4) is 0 Å². The standard InChI is InChI=1S/C15H18N2O4/c1-8-5-10(17(19)20)6-9(2)14(8)16-15(18)12-7-11-3-4-13(12)21-11/h5-6,11-13H,3-4,7H2,1-2H3,(H,16,18)/t11-,12-,13-/m1/s1. The fourth-order valence-electron chi connectivity index (χ4n) is 3.37. The van der Waals surface area contributed by atoms with E-state index in [4.69, 9.17) is 4.74 Å². The highest BCUT2D eigenvalue weighted by Crippen LogP contribution is 2.39. The Kier molecular flexibility index (Phi) is 3.41. The maximum absolute atomic E-state index is 12.4. The van der Waals surface area contributed by atoms with Crippen molar-refractivity contribution in [3.05, 3.63) is 33.4 Å². The van der Waals surface area contributed by atoms with Gasteiger partial charge in [-0.05, 0) is 44.2 Å². The van der Waals surface area contributed by atoms with Gasteiger partial charge in [-0.2, -0.15) is 0 Å². The zero-order valence-corrected chi connectivity index (χ0v) is 12.1. The number of ether oxygens (including phenoxy) is 1. The van der Waals surface area contributed by atoms with E-state index in [9.17, 15) is 14.9 Å². The topological polar surface area (TPSA) is 81.5 Å². The van der Waals surface area contributed by atoms with Gasteiger partial charge < -0.3 is 10.1 Å². The molecular formula is C15H18N2O4. The van der Waals surface area contributed by atoms with Gasteiger partial charge in [0, 0.05) is 17.8 Å². The maximum atomic E-state index is 12.4. The highest BCUT2D eigenvalue weighted by molar-refractivity contribution is 5.95. The lowest BCUT2D eigenvalue weighted by Crippen LogP contribution is -2.31. The number of hydrogen-bond donors (Lipinski definition) is 1. The van der Waals surface area contributed by atoms with E-state index >= 15 is 0 Å². The van der Waals surface area contributed by atoms with Gasteiger partial charge in [0.1, 0.15) is 0 Å². The first kappa shape index (κ1) is 14.0. The molecule has 0 spiro atoms. The Morgan fingerprint density at radius 3 is 2.48 bits per heavy atom. The molecule has 0 aromatic heterocycles. The average molecular weight is 290 g/mol. The van der Waals surface area contributed by atoms with Gasteiger partial charge in [-0.15, -0.1) is 0 Å². The third kappa shape index (κ3) is 2.51. The molecule has 2 bridgehead atoms. The summed E-state index contributed by atoms with van der Waals surface area (Å²) in [5, 5.41) is 13.8. The van der Waals surface area contributed by atoms with Crippen molar-refractivity contribution in [1.29, 1.82) is 0 Å². The van der Waals surface area contributed by atoms with Crippen molar-refractivity contribution in [2.45, 2.75) is 45.3 Å². The fourth-order valence-corrected chi connectivity index (χ4v) is 3.37. The Hall–Kier alpha value is -1.95. The number of anilines is 1. The third-order valence-electron chi connectivity index (χ3n) is 4.42. The SMILES string of the molecule is Cc1cc([N+](=O)[O-])cc(C)c1NC(=O)[C@@H]1C[C@H]2CC[C@H]1O2. The number of nitro benzene ring substituents is 1. The molecule has 1 aromatic carbocycles. The number of benzene rings is 1. The van der Waals surface area contributed by atoms with E-state index in [-0.39, 0.29) is 29.7 Å². The van der Waals surface area contributed by atoms with Crippen LogP contribution in [0.25, 0.3) is 0 Å². The van der Waals surface area contributed by atoms with Gasteiger partial charge in [-0.1, -0.05) is 0 Å². The lowest BCUT2D eigenvalue weighted by molar-refractivity contribution is -0.384. The summed E-state index contributed by atoms with van der Waals surface area (Å²) < 4.78 is 5.70. The lowest BCUT2D eigenvalue weighted by atomic mass is 9.88.